The van der Waals surface area contributed by atoms with Gasteiger partial charge in [-0.05, 0) is 17.2 Å². The van der Waals surface area contributed by atoms with Crippen LogP contribution in [0.5, 0.6) is 11.5 Å². The Kier molecular flexibility index (Phi) is 6.69. The van der Waals surface area contributed by atoms with Crippen molar-refractivity contribution >= 4 is 25.5 Å². The fourth-order valence-electron chi connectivity index (χ4n) is 2.89. The number of nitrogens with zero attached hydrogens (tertiary/aromatic N) is 2. The van der Waals surface area contributed by atoms with Gasteiger partial charge in [-0.3, -0.25) is 14.9 Å². The molecule has 12 heteroatoms. The largest absolute Gasteiger partial charge is 0.451 e. The minimum Gasteiger partial charge on any atom is -0.451 e. The molecule has 2 aromatic carbocycles. The van der Waals surface area contributed by atoms with Crippen molar-refractivity contribution in [1.29, 1.82) is 0 Å². The van der Waals surface area contributed by atoms with Gasteiger partial charge in [0.05, 0.1) is 11.0 Å². The molecule has 6 nitrogen and oxygen atoms in total. The van der Waals surface area contributed by atoms with Crippen LogP contribution in [-0.4, -0.2) is 19.1 Å². The van der Waals surface area contributed by atoms with Gasteiger partial charge in [0.1, 0.15) is 11.4 Å². The molecule has 0 spiro atoms. The Morgan fingerprint density at radius 1 is 1.00 bits per heavy atom. The molecule has 174 valence electrons. The summed E-state index contributed by atoms with van der Waals surface area (Å²) < 4.78 is 74.1. The van der Waals surface area contributed by atoms with Crippen molar-refractivity contribution in [3.63, 3.8) is 0 Å². The maximum Gasteiger partial charge on any atom is 0.295 e. The third-order valence-corrected chi connectivity index (χ3v) is 10.8. The Morgan fingerprint density at radius 2 is 1.47 bits per heavy atom. The second-order valence-corrected chi connectivity index (χ2v) is 13.6. The summed E-state index contributed by atoms with van der Waals surface area (Å²) in [4.78, 5) is 23.4. The Hall–Kier alpha value is -3.02. The summed E-state index contributed by atoms with van der Waals surface area (Å²) in [5.41, 5.74) is -0.703. The van der Waals surface area contributed by atoms with Gasteiger partial charge in [-0.1, -0.05) is 33.9 Å². The molecule has 2 aromatic rings. The molecule has 0 fully saturated rings. The van der Waals surface area contributed by atoms with Crippen molar-refractivity contribution in [2.24, 2.45) is 0 Å². The van der Waals surface area contributed by atoms with Gasteiger partial charge in [0.15, 0.2) is 8.24 Å². The van der Waals surface area contributed by atoms with Crippen LogP contribution >= 0.6 is 0 Å². The van der Waals surface area contributed by atoms with Crippen molar-refractivity contribution in [2.45, 2.75) is 45.8 Å². The average molecular weight is 476 g/mol. The number of hydrogen-bond donors (Lipinski definition) is 0. The second-order valence-electron chi connectivity index (χ2n) is 8.57. The summed E-state index contributed by atoms with van der Waals surface area (Å²) in [6.45, 7) is 10.6. The molecule has 0 aliphatic heterocycles. The predicted octanol–water partition coefficient (Wildman–Crippen LogP) is 6.44. The number of ether oxygens (including phenoxy) is 1. The zero-order chi connectivity index (χ0) is 24.8. The average Bonchev–Trinajstić information content (AvgIpc) is 2.67. The molecule has 0 saturated carbocycles. The number of amides is 1. The fourth-order valence-corrected chi connectivity index (χ4v) is 5.14. The third kappa shape index (κ3) is 4.31. The van der Waals surface area contributed by atoms with Crippen LogP contribution in [0.3, 0.4) is 0 Å². The lowest BCUT2D eigenvalue weighted by Crippen LogP contribution is -2.57. The second kappa shape index (κ2) is 8.49. The summed E-state index contributed by atoms with van der Waals surface area (Å²) in [6, 6.07) is 2.95. The van der Waals surface area contributed by atoms with Gasteiger partial charge in [0, 0.05) is 6.92 Å². The topological polar surface area (TPSA) is 72.7 Å². The monoisotopic (exact) mass is 476 g/mol. The summed E-state index contributed by atoms with van der Waals surface area (Å²) >= 11 is 0. The van der Waals surface area contributed by atoms with E-state index < -0.39 is 70.4 Å². The van der Waals surface area contributed by atoms with Crippen molar-refractivity contribution < 1.29 is 36.4 Å². The molecule has 32 heavy (non-hydrogen) atoms. The molecular weight excluding hydrogens is 455 g/mol. The quantitative estimate of drug-likeness (QED) is 0.124. The SMILES string of the molecule is CC(=O)N(c1ccc(Oc2c(F)c(F)c(F)c(F)c2F)cc1[N+](=O)[O-])[Si](C)(C)C(C)(C)C. The van der Waals surface area contributed by atoms with Gasteiger partial charge in [-0.25, -0.2) is 13.2 Å². The zero-order valence-electron chi connectivity index (χ0n) is 18.1. The first kappa shape index (κ1) is 25.2. The number of carbonyl (C=O) groups excluding carboxylic acids is 1. The van der Waals surface area contributed by atoms with Crippen molar-refractivity contribution in [3.05, 3.63) is 57.4 Å². The van der Waals surface area contributed by atoms with Gasteiger partial charge in [0.25, 0.3) is 5.69 Å². The molecule has 0 aliphatic rings. The van der Waals surface area contributed by atoms with Gasteiger partial charge in [0.2, 0.25) is 40.7 Å². The Balaban J connectivity index is 2.66. The maximum atomic E-state index is 13.9. The lowest BCUT2D eigenvalue weighted by Gasteiger charge is -2.45. The van der Waals surface area contributed by atoms with Gasteiger partial charge >= 0.3 is 0 Å². The molecule has 0 bridgehead atoms. The molecule has 0 radical (unpaired) electrons. The molecule has 2 rings (SSSR count). The first-order valence-electron chi connectivity index (χ1n) is 9.30. The van der Waals surface area contributed by atoms with E-state index in [1.807, 2.05) is 33.9 Å². The van der Waals surface area contributed by atoms with E-state index in [1.165, 1.54) is 11.5 Å². The number of anilines is 1. The van der Waals surface area contributed by atoms with Crippen LogP contribution in [-0.2, 0) is 4.79 Å². The van der Waals surface area contributed by atoms with E-state index in [1.54, 1.807) is 0 Å². The van der Waals surface area contributed by atoms with Crippen LogP contribution in [0.4, 0.5) is 33.3 Å². The minimum atomic E-state index is -2.67. The van der Waals surface area contributed by atoms with E-state index in [0.29, 0.717) is 0 Å². The summed E-state index contributed by atoms with van der Waals surface area (Å²) in [6.07, 6.45) is 0. The Bertz CT molecular complexity index is 1070. The van der Waals surface area contributed by atoms with Gasteiger partial charge in [-0.2, -0.15) is 8.78 Å². The van der Waals surface area contributed by atoms with Crippen molar-refractivity contribution in [3.8, 4) is 11.5 Å². The highest BCUT2D eigenvalue weighted by atomic mass is 28.3. The van der Waals surface area contributed by atoms with Gasteiger partial charge < -0.3 is 9.30 Å². The Labute approximate surface area is 181 Å². The summed E-state index contributed by atoms with van der Waals surface area (Å²) in [7, 11) is -2.67. The normalized spacial score (nSPS) is 12.0. The fraction of sp³-hybridized carbons (Fsp3) is 0.350. The highest BCUT2D eigenvalue weighted by Crippen LogP contribution is 2.44. The lowest BCUT2D eigenvalue weighted by molar-refractivity contribution is -0.384. The van der Waals surface area contributed by atoms with Crippen LogP contribution in [0.15, 0.2) is 18.2 Å². The van der Waals surface area contributed by atoms with Crippen LogP contribution in [0.2, 0.25) is 18.1 Å². The lowest BCUT2D eigenvalue weighted by atomic mass is 10.2. The van der Waals surface area contributed by atoms with Crippen LogP contribution in [0, 0.1) is 39.2 Å². The molecular formula is C20H21F5N2O4Si. The summed E-state index contributed by atoms with van der Waals surface area (Å²) in [5, 5.41) is 11.3. The highest BCUT2D eigenvalue weighted by Gasteiger charge is 2.45. The van der Waals surface area contributed by atoms with Crippen molar-refractivity contribution in [1.82, 2.24) is 0 Å². The van der Waals surface area contributed by atoms with Crippen LogP contribution in [0.1, 0.15) is 27.7 Å². The molecule has 0 heterocycles. The number of benzene rings is 2. The van der Waals surface area contributed by atoms with Gasteiger partial charge in [-0.15, -0.1) is 0 Å². The van der Waals surface area contributed by atoms with E-state index in [4.69, 9.17) is 4.74 Å². The van der Waals surface area contributed by atoms with E-state index in [2.05, 4.69) is 0 Å². The first-order valence-corrected chi connectivity index (χ1v) is 12.3. The highest BCUT2D eigenvalue weighted by molar-refractivity contribution is 6.86. The number of rotatable bonds is 5. The molecule has 0 aromatic heterocycles. The molecule has 1 amide bonds. The molecule has 0 unspecified atom stereocenters. The number of nitro groups is 1. The number of hydrogen-bond acceptors (Lipinski definition) is 4. The predicted molar refractivity (Wildman–Crippen MR) is 110 cm³/mol. The zero-order valence-corrected chi connectivity index (χ0v) is 19.1. The van der Waals surface area contributed by atoms with E-state index in [9.17, 15) is 36.9 Å². The smallest absolute Gasteiger partial charge is 0.295 e. The molecule has 0 atom stereocenters. The van der Waals surface area contributed by atoms with Crippen LogP contribution < -0.4 is 9.30 Å². The summed E-state index contributed by atoms with van der Waals surface area (Å²) in [5.74, 6) is -13.8. The third-order valence-electron chi connectivity index (χ3n) is 5.48. The standard InChI is InChI=1S/C20H21F5N2O4Si/c1-10(28)26(32(5,6)20(2,3)4)12-8-7-11(9-13(12)27(29)30)31-19-17(24)15(22)14(21)16(23)18(19)25/h7-9H,1-6H3. The van der Waals surface area contributed by atoms with Crippen molar-refractivity contribution in [2.75, 3.05) is 4.57 Å². The number of carbonyl (C=O) groups is 1. The maximum absolute atomic E-state index is 13.9. The number of halogens is 5. The van der Waals surface area contributed by atoms with E-state index in [0.717, 1.165) is 18.2 Å². The van der Waals surface area contributed by atoms with Crippen LogP contribution in [0.25, 0.3) is 0 Å². The number of nitro benzene ring substituents is 1. The Morgan fingerprint density at radius 3 is 1.88 bits per heavy atom. The first-order chi connectivity index (χ1) is 14.5. The van der Waals surface area contributed by atoms with E-state index in [-0.39, 0.29) is 5.69 Å². The molecule has 0 N–H and O–H groups in total. The molecule has 0 saturated heterocycles. The molecule has 0 aliphatic carbocycles. The van der Waals surface area contributed by atoms with E-state index >= 15 is 0 Å². The minimum absolute atomic E-state index is 0.0705.